The molecule has 4 aromatic rings. The largest absolute Gasteiger partial charge is 0.508 e. The van der Waals surface area contributed by atoms with Gasteiger partial charge in [0.1, 0.15) is 35.7 Å². The molecule has 14 N–H and O–H groups in total. The SMILES string of the molecule is CCO.CSSCC(NC(=O)CCc1ccc(Cl)cc1)C(=O)NC(Cc1ccc(O)cc1)C(=O)NCC(=O)NC(CCCCN(C)C)C(=O)NCC(=O)NCC(=O)NC(Cc1ccc(O)cc1)C(N)=O.Cc1ccc(C(N)=O)cc1. The zero-order valence-electron chi connectivity index (χ0n) is 45.6. The molecule has 436 valence electrons. The van der Waals surface area contributed by atoms with Crippen LogP contribution in [0.25, 0.3) is 0 Å². The molecule has 25 heteroatoms. The predicted octanol–water partition coefficient (Wildman–Crippen LogP) is 1.78. The third-order valence-corrected chi connectivity index (χ3v) is 13.3. The number of amides is 9. The minimum atomic E-state index is -1.23. The van der Waals surface area contributed by atoms with Gasteiger partial charge in [-0.05, 0) is 132 Å². The van der Waals surface area contributed by atoms with E-state index in [1.807, 2.05) is 44.3 Å². The Morgan fingerprint density at radius 2 is 1.06 bits per heavy atom. The fraction of sp³-hybridized carbons (Fsp3) is 0.400. The fourth-order valence-corrected chi connectivity index (χ4v) is 8.46. The Labute approximate surface area is 479 Å². The Morgan fingerprint density at radius 1 is 0.588 bits per heavy atom. The highest BCUT2D eigenvalue weighted by molar-refractivity contribution is 8.76. The molecule has 9 amide bonds. The Morgan fingerprint density at radius 3 is 1.57 bits per heavy atom. The van der Waals surface area contributed by atoms with Crippen LogP contribution in [0.4, 0.5) is 0 Å². The number of halogens is 1. The van der Waals surface area contributed by atoms with Gasteiger partial charge in [-0.15, -0.1) is 0 Å². The van der Waals surface area contributed by atoms with Crippen LogP contribution in [0.15, 0.2) is 97.1 Å². The highest BCUT2D eigenvalue weighted by atomic mass is 35.5. The summed E-state index contributed by atoms with van der Waals surface area (Å²) in [5, 5.41) is 45.3. The van der Waals surface area contributed by atoms with Gasteiger partial charge in [0.05, 0.1) is 19.6 Å². The molecular weight excluding hydrogens is 1090 g/mol. The molecule has 4 rings (SSSR count). The summed E-state index contributed by atoms with van der Waals surface area (Å²) in [4.78, 5) is 117. The van der Waals surface area contributed by atoms with Gasteiger partial charge in [-0.3, -0.25) is 43.2 Å². The zero-order valence-corrected chi connectivity index (χ0v) is 47.9. The number of primary amides is 2. The van der Waals surface area contributed by atoms with Crippen LogP contribution >= 0.6 is 33.2 Å². The summed E-state index contributed by atoms with van der Waals surface area (Å²) in [7, 11) is 6.51. The standard InChI is InChI=1S/C45H60ClN9O10S2.C8H9NO.C2H6O/c1-55(2)21-5-4-6-34(43(63)49-24-39(59)48-25-40(60)52-35(42(47)62)22-29-9-16-32(56)17-10-29)51-41(61)26-50-44(64)36(23-30-11-18-33(57)19-12-30)54-45(65)37(27-67-66-3)53-38(58)20-13-28-7-14-31(46)15-8-28;1-6-2-4-7(5-3-6)8(9)10;1-2-3/h7-12,14-19,34-37,56-57H,4-6,13,20-27H2,1-3H3,(H2,47,62)(H,48,59)(H,49,63)(H,50,64)(H,51,61)(H,52,60)(H,53,58)(H,54,65);2-5H,1H3,(H2,9,10);3H,2H2,1H3. The van der Waals surface area contributed by atoms with Crippen molar-refractivity contribution >= 4 is 86.4 Å². The smallest absolute Gasteiger partial charge is 0.248 e. The molecule has 0 saturated heterocycles. The van der Waals surface area contributed by atoms with Crippen molar-refractivity contribution in [2.75, 3.05) is 58.9 Å². The first-order valence-electron chi connectivity index (χ1n) is 25.4. The third-order valence-electron chi connectivity index (χ3n) is 11.3. The molecule has 80 heavy (non-hydrogen) atoms. The summed E-state index contributed by atoms with van der Waals surface area (Å²) in [6, 6.07) is 21.7. The Hall–Kier alpha value is -7.38. The number of aryl methyl sites for hydroxylation is 2. The van der Waals surface area contributed by atoms with E-state index in [-0.39, 0.29) is 61.4 Å². The number of benzene rings is 4. The van der Waals surface area contributed by atoms with Crippen LogP contribution in [-0.2, 0) is 57.6 Å². The van der Waals surface area contributed by atoms with Crippen LogP contribution in [0.3, 0.4) is 0 Å². The second-order valence-electron chi connectivity index (χ2n) is 18.2. The summed E-state index contributed by atoms with van der Waals surface area (Å²) in [5.74, 6) is -5.64. The minimum absolute atomic E-state index is 0.0108. The highest BCUT2D eigenvalue weighted by Gasteiger charge is 2.29. The van der Waals surface area contributed by atoms with E-state index in [0.717, 1.165) is 11.1 Å². The topological polar surface area (TPSA) is 354 Å². The van der Waals surface area contributed by atoms with Gasteiger partial charge in [-0.1, -0.05) is 87.3 Å². The first-order valence-corrected chi connectivity index (χ1v) is 28.5. The van der Waals surface area contributed by atoms with E-state index in [0.29, 0.717) is 47.5 Å². The lowest BCUT2D eigenvalue weighted by molar-refractivity contribution is -0.133. The molecule has 4 aromatic carbocycles. The van der Waals surface area contributed by atoms with Gasteiger partial charge in [0.25, 0.3) is 0 Å². The first kappa shape index (κ1) is 68.7. The monoisotopic (exact) mass is 1170 g/mol. The van der Waals surface area contributed by atoms with Crippen molar-refractivity contribution < 1.29 is 58.5 Å². The quantitative estimate of drug-likeness (QED) is 0.0262. The fourth-order valence-electron chi connectivity index (χ4n) is 7.01. The molecule has 0 radical (unpaired) electrons. The summed E-state index contributed by atoms with van der Waals surface area (Å²) in [6.45, 7) is 2.91. The van der Waals surface area contributed by atoms with Crippen molar-refractivity contribution in [1.82, 2.24) is 42.1 Å². The van der Waals surface area contributed by atoms with Crippen molar-refractivity contribution in [2.45, 2.75) is 83.0 Å². The molecule has 22 nitrogen and oxygen atoms in total. The second kappa shape index (κ2) is 38.3. The molecule has 0 bridgehead atoms. The molecule has 0 spiro atoms. The number of phenolic OH excluding ortho intramolecular Hbond substituents is 2. The second-order valence-corrected chi connectivity index (χ2v) is 21.2. The normalized spacial score (nSPS) is 12.0. The van der Waals surface area contributed by atoms with Gasteiger partial charge in [0.2, 0.25) is 53.2 Å². The van der Waals surface area contributed by atoms with Gasteiger partial charge in [0, 0.05) is 42.2 Å². The number of carbonyl (C=O) groups is 9. The molecule has 0 aromatic heterocycles. The number of unbranched alkanes of at least 4 members (excludes halogenated alkanes) is 1. The van der Waals surface area contributed by atoms with Gasteiger partial charge in [0.15, 0.2) is 0 Å². The van der Waals surface area contributed by atoms with Crippen molar-refractivity contribution in [1.29, 1.82) is 0 Å². The molecule has 0 heterocycles. The van der Waals surface area contributed by atoms with E-state index in [4.69, 9.17) is 28.2 Å². The van der Waals surface area contributed by atoms with E-state index in [1.54, 1.807) is 67.6 Å². The molecule has 0 aliphatic heterocycles. The maximum Gasteiger partial charge on any atom is 0.248 e. The number of hydrogen-bond donors (Lipinski definition) is 12. The number of aromatic hydroxyl groups is 2. The van der Waals surface area contributed by atoms with Crippen LogP contribution in [0.2, 0.25) is 5.02 Å². The number of nitrogens with zero attached hydrogens (tertiary/aromatic N) is 1. The van der Waals surface area contributed by atoms with E-state index < -0.39 is 85.2 Å². The van der Waals surface area contributed by atoms with Crippen LogP contribution in [0.5, 0.6) is 11.5 Å². The number of aliphatic hydroxyl groups excluding tert-OH is 1. The van der Waals surface area contributed by atoms with E-state index in [9.17, 15) is 53.4 Å². The maximum atomic E-state index is 13.7. The molecule has 0 aliphatic rings. The third kappa shape index (κ3) is 29.6. The van der Waals surface area contributed by atoms with E-state index in [1.165, 1.54) is 45.9 Å². The Balaban J connectivity index is 0.00000148. The number of nitrogens with one attached hydrogen (secondary N) is 7. The van der Waals surface area contributed by atoms with Gasteiger partial charge in [-0.25, -0.2) is 0 Å². The molecule has 0 saturated carbocycles. The Bertz CT molecular complexity index is 2600. The van der Waals surface area contributed by atoms with Crippen molar-refractivity contribution in [3.63, 3.8) is 0 Å². The number of aliphatic hydroxyl groups is 1. The van der Waals surface area contributed by atoms with Gasteiger partial charge < -0.3 is 68.9 Å². The molecule has 4 atom stereocenters. The zero-order chi connectivity index (χ0) is 59.6. The number of carbonyl (C=O) groups excluding carboxylic acids is 9. The van der Waals surface area contributed by atoms with E-state index in [2.05, 4.69) is 37.2 Å². The predicted molar refractivity (Wildman–Crippen MR) is 310 cm³/mol. The summed E-state index contributed by atoms with van der Waals surface area (Å²) in [5.41, 5.74) is 14.2. The number of rotatable bonds is 30. The van der Waals surface area contributed by atoms with Crippen molar-refractivity contribution in [3.05, 3.63) is 130 Å². The first-order chi connectivity index (χ1) is 38.0. The molecule has 0 aliphatic carbocycles. The van der Waals surface area contributed by atoms with Crippen molar-refractivity contribution in [3.8, 4) is 11.5 Å². The number of hydrogen-bond acceptors (Lipinski definition) is 15. The Kier molecular flexibility index (Phi) is 32.9. The average Bonchev–Trinajstić information content (AvgIpc) is 3.42. The van der Waals surface area contributed by atoms with Gasteiger partial charge in [-0.2, -0.15) is 0 Å². The lowest BCUT2D eigenvalue weighted by atomic mass is 10.0. The van der Waals surface area contributed by atoms with Crippen LogP contribution in [0.1, 0.15) is 65.2 Å². The number of nitrogens with two attached hydrogens (primary N) is 2. The van der Waals surface area contributed by atoms with Crippen molar-refractivity contribution in [2.24, 2.45) is 11.5 Å². The maximum absolute atomic E-state index is 13.7. The summed E-state index contributed by atoms with van der Waals surface area (Å²) in [6.07, 6.45) is 3.68. The average molecular weight is 1170 g/mol. The van der Waals surface area contributed by atoms with Gasteiger partial charge >= 0.3 is 0 Å². The van der Waals surface area contributed by atoms with Crippen LogP contribution in [0, 0.1) is 6.92 Å². The summed E-state index contributed by atoms with van der Waals surface area (Å²) < 4.78 is 0. The van der Waals surface area contributed by atoms with Crippen LogP contribution < -0.4 is 48.7 Å². The number of phenols is 2. The minimum Gasteiger partial charge on any atom is -0.508 e. The van der Waals surface area contributed by atoms with Crippen LogP contribution in [-0.4, -0.2) is 156 Å². The molecule has 0 fully saturated rings. The lowest BCUT2D eigenvalue weighted by Crippen LogP contribution is -2.56. The molecule has 4 unspecified atom stereocenters. The highest BCUT2D eigenvalue weighted by Crippen LogP contribution is 2.19. The summed E-state index contributed by atoms with van der Waals surface area (Å²) >= 11 is 5.97. The lowest BCUT2D eigenvalue weighted by Gasteiger charge is -2.23. The van der Waals surface area contributed by atoms with E-state index >= 15 is 0 Å². The molecular formula is C55H75ClN10O12S2.